The van der Waals surface area contributed by atoms with Gasteiger partial charge < -0.3 is 0 Å². The van der Waals surface area contributed by atoms with Crippen molar-refractivity contribution >= 4 is 20.0 Å². The Balaban J connectivity index is 1.47. The highest BCUT2D eigenvalue weighted by atomic mass is 32.2. The number of hydrogen-bond acceptors (Lipinski definition) is 4. The average molecular weight is 423 g/mol. The van der Waals surface area contributed by atoms with E-state index in [9.17, 15) is 16.8 Å². The summed E-state index contributed by atoms with van der Waals surface area (Å²) in [5.41, 5.74) is 1.50. The maximum Gasteiger partial charge on any atom is 0.216 e. The molecule has 0 saturated heterocycles. The molecule has 0 spiro atoms. The number of benzene rings is 2. The second kappa shape index (κ2) is 9.17. The van der Waals surface area contributed by atoms with E-state index < -0.39 is 20.0 Å². The second-order valence-corrected chi connectivity index (χ2v) is 10.8. The van der Waals surface area contributed by atoms with Crippen LogP contribution in [-0.4, -0.2) is 28.9 Å². The first-order chi connectivity index (χ1) is 13.3. The van der Waals surface area contributed by atoms with Gasteiger partial charge in [-0.15, -0.1) is 0 Å². The van der Waals surface area contributed by atoms with Crippen LogP contribution < -0.4 is 9.44 Å². The molecule has 2 aromatic carbocycles. The van der Waals surface area contributed by atoms with E-state index >= 15 is 0 Å². The van der Waals surface area contributed by atoms with Gasteiger partial charge in [0.15, 0.2) is 0 Å². The van der Waals surface area contributed by atoms with E-state index in [4.69, 9.17) is 0 Å². The fourth-order valence-corrected chi connectivity index (χ4v) is 6.42. The lowest BCUT2D eigenvalue weighted by Crippen LogP contribution is -2.44. The van der Waals surface area contributed by atoms with E-state index in [1.165, 1.54) is 0 Å². The number of hydrogen-bond donors (Lipinski definition) is 2. The van der Waals surface area contributed by atoms with E-state index in [-0.39, 0.29) is 23.6 Å². The molecule has 0 aliphatic heterocycles. The summed E-state index contributed by atoms with van der Waals surface area (Å²) in [6, 6.07) is 17.8. The van der Waals surface area contributed by atoms with Crippen molar-refractivity contribution in [2.24, 2.45) is 0 Å². The summed E-state index contributed by atoms with van der Waals surface area (Å²) in [6.07, 6.45) is 2.47. The van der Waals surface area contributed by atoms with Crippen molar-refractivity contribution in [2.75, 3.05) is 0 Å². The Hall–Kier alpha value is -1.74. The average Bonchev–Trinajstić information content (AvgIpc) is 2.64. The summed E-state index contributed by atoms with van der Waals surface area (Å²) in [7, 11) is -6.83. The molecule has 3 rings (SSSR count). The fraction of sp³-hybridized carbons (Fsp3) is 0.400. The lowest BCUT2D eigenvalue weighted by atomic mass is 9.92. The van der Waals surface area contributed by atoms with E-state index in [1.54, 1.807) is 24.3 Å². The van der Waals surface area contributed by atoms with Crippen LogP contribution in [0.5, 0.6) is 0 Å². The van der Waals surface area contributed by atoms with Gasteiger partial charge in [0.25, 0.3) is 0 Å². The minimum Gasteiger partial charge on any atom is -0.212 e. The molecule has 152 valence electrons. The molecule has 1 aliphatic carbocycles. The lowest BCUT2D eigenvalue weighted by molar-refractivity contribution is 0.355. The molecule has 8 heteroatoms. The maximum atomic E-state index is 12.4. The van der Waals surface area contributed by atoms with Crippen LogP contribution in [-0.2, 0) is 31.6 Å². The zero-order chi connectivity index (χ0) is 20.0. The monoisotopic (exact) mass is 422 g/mol. The second-order valence-electron chi connectivity index (χ2n) is 7.27. The van der Waals surface area contributed by atoms with Crippen molar-refractivity contribution in [3.8, 4) is 0 Å². The third-order valence-electron chi connectivity index (χ3n) is 4.82. The van der Waals surface area contributed by atoms with Gasteiger partial charge in [0.1, 0.15) is 0 Å². The number of nitrogens with one attached hydrogen (secondary N) is 2. The van der Waals surface area contributed by atoms with Gasteiger partial charge in [-0.3, -0.25) is 0 Å². The Morgan fingerprint density at radius 1 is 0.607 bits per heavy atom. The molecular weight excluding hydrogens is 396 g/mol. The molecule has 0 atom stereocenters. The van der Waals surface area contributed by atoms with Gasteiger partial charge in [0.05, 0.1) is 11.5 Å². The summed E-state index contributed by atoms with van der Waals surface area (Å²) in [4.78, 5) is 0. The summed E-state index contributed by atoms with van der Waals surface area (Å²) >= 11 is 0. The normalized spacial score (nSPS) is 20.7. The largest absolute Gasteiger partial charge is 0.216 e. The smallest absolute Gasteiger partial charge is 0.212 e. The molecule has 28 heavy (non-hydrogen) atoms. The predicted molar refractivity (Wildman–Crippen MR) is 110 cm³/mol. The third kappa shape index (κ3) is 6.70. The zero-order valence-electron chi connectivity index (χ0n) is 15.6. The molecule has 0 radical (unpaired) electrons. The molecule has 1 saturated carbocycles. The molecule has 0 unspecified atom stereocenters. The molecule has 0 amide bonds. The standard InChI is InChI=1S/C20H26N2O4S2/c23-27(24,15-17-7-3-1-4-8-17)21-19-11-13-20(14-12-19)22-28(25,26)16-18-9-5-2-6-10-18/h1-10,19-22H,11-16H2. The first-order valence-electron chi connectivity index (χ1n) is 9.39. The number of sulfonamides is 2. The maximum absolute atomic E-state index is 12.4. The molecule has 0 aromatic heterocycles. The van der Waals surface area contributed by atoms with E-state index in [1.807, 2.05) is 36.4 Å². The molecule has 1 aliphatic rings. The summed E-state index contributed by atoms with van der Waals surface area (Å²) < 4.78 is 55.0. The van der Waals surface area contributed by atoms with E-state index in [0.717, 1.165) is 11.1 Å². The molecule has 2 aromatic rings. The van der Waals surface area contributed by atoms with Crippen molar-refractivity contribution in [3.63, 3.8) is 0 Å². The van der Waals surface area contributed by atoms with Crippen LogP contribution in [0.1, 0.15) is 36.8 Å². The Kier molecular flexibility index (Phi) is 6.87. The topological polar surface area (TPSA) is 92.3 Å². The SMILES string of the molecule is O=S(=O)(Cc1ccccc1)NC1CCC(NS(=O)(=O)Cc2ccccc2)CC1. The third-order valence-corrected chi connectivity index (χ3v) is 7.63. The van der Waals surface area contributed by atoms with Crippen LogP contribution in [0.15, 0.2) is 60.7 Å². The van der Waals surface area contributed by atoms with Crippen LogP contribution in [0.4, 0.5) is 0 Å². The van der Waals surface area contributed by atoms with E-state index in [0.29, 0.717) is 25.7 Å². The van der Waals surface area contributed by atoms with Gasteiger partial charge in [0.2, 0.25) is 20.0 Å². The molecule has 2 N–H and O–H groups in total. The zero-order valence-corrected chi connectivity index (χ0v) is 17.3. The minimum atomic E-state index is -3.42. The Labute approximate surface area is 167 Å². The van der Waals surface area contributed by atoms with Gasteiger partial charge >= 0.3 is 0 Å². The highest BCUT2D eigenvalue weighted by Crippen LogP contribution is 2.21. The van der Waals surface area contributed by atoms with E-state index in [2.05, 4.69) is 9.44 Å². The molecule has 1 fully saturated rings. The molecule has 0 bridgehead atoms. The van der Waals surface area contributed by atoms with Gasteiger partial charge in [-0.25, -0.2) is 26.3 Å². The van der Waals surface area contributed by atoms with Crippen molar-refractivity contribution in [3.05, 3.63) is 71.8 Å². The lowest BCUT2D eigenvalue weighted by Gasteiger charge is -2.29. The highest BCUT2D eigenvalue weighted by Gasteiger charge is 2.27. The fourth-order valence-electron chi connectivity index (χ4n) is 3.51. The van der Waals surface area contributed by atoms with Gasteiger partial charge in [-0.2, -0.15) is 0 Å². The van der Waals surface area contributed by atoms with Crippen molar-refractivity contribution in [1.82, 2.24) is 9.44 Å². The van der Waals surface area contributed by atoms with Gasteiger partial charge in [-0.05, 0) is 36.8 Å². The van der Waals surface area contributed by atoms with Crippen LogP contribution in [0, 0.1) is 0 Å². The first kappa shape index (κ1) is 21.0. The molecule has 0 heterocycles. The predicted octanol–water partition coefficient (Wildman–Crippen LogP) is 2.54. The Bertz CT molecular complexity index is 872. The summed E-state index contributed by atoms with van der Waals surface area (Å²) in [6.45, 7) is 0. The molecule has 6 nitrogen and oxygen atoms in total. The Morgan fingerprint density at radius 3 is 1.25 bits per heavy atom. The highest BCUT2D eigenvalue weighted by molar-refractivity contribution is 7.89. The van der Waals surface area contributed by atoms with Crippen LogP contribution in [0.3, 0.4) is 0 Å². The summed E-state index contributed by atoms with van der Waals surface area (Å²) in [5, 5.41) is 0. The minimum absolute atomic E-state index is 0.0442. The van der Waals surface area contributed by atoms with Crippen molar-refractivity contribution < 1.29 is 16.8 Å². The van der Waals surface area contributed by atoms with Gasteiger partial charge in [0, 0.05) is 12.1 Å². The Morgan fingerprint density at radius 2 is 0.929 bits per heavy atom. The summed E-state index contributed by atoms with van der Waals surface area (Å²) in [5.74, 6) is -0.0883. The van der Waals surface area contributed by atoms with Crippen molar-refractivity contribution in [1.29, 1.82) is 0 Å². The van der Waals surface area contributed by atoms with Gasteiger partial charge in [-0.1, -0.05) is 60.7 Å². The first-order valence-corrected chi connectivity index (χ1v) is 12.7. The molecular formula is C20H26N2O4S2. The quantitative estimate of drug-likeness (QED) is 0.684. The van der Waals surface area contributed by atoms with Crippen molar-refractivity contribution in [2.45, 2.75) is 49.3 Å². The number of rotatable bonds is 8. The van der Waals surface area contributed by atoms with Crippen LogP contribution in [0.25, 0.3) is 0 Å². The van der Waals surface area contributed by atoms with Crippen LogP contribution >= 0.6 is 0 Å². The van der Waals surface area contributed by atoms with Crippen LogP contribution in [0.2, 0.25) is 0 Å².